The van der Waals surface area contributed by atoms with Crippen LogP contribution in [0.4, 0.5) is 13.2 Å². The van der Waals surface area contributed by atoms with Gasteiger partial charge >= 0.3 is 6.18 Å². The average molecular weight is 239 g/mol. The minimum atomic E-state index is -4.46. The summed E-state index contributed by atoms with van der Waals surface area (Å²) in [5, 5.41) is 0. The Bertz CT molecular complexity index is 436. The minimum Gasteiger partial charge on any atom is -0.367 e. The number of alkyl halides is 3. The van der Waals surface area contributed by atoms with Crippen LogP contribution in [0.1, 0.15) is 5.56 Å². The molecule has 1 rings (SSSR count). The molecule has 0 amide bonds. The first kappa shape index (κ1) is 12.0. The number of rotatable bonds is 2. The Morgan fingerprint density at radius 2 is 1.60 bits per heavy atom. The molecular formula is C8H8F3NO2S. The maximum absolute atomic E-state index is 12.1. The van der Waals surface area contributed by atoms with Gasteiger partial charge in [-0.3, -0.25) is 0 Å². The smallest absolute Gasteiger partial charge is 0.367 e. The lowest BCUT2D eigenvalue weighted by atomic mass is 10.2. The van der Waals surface area contributed by atoms with E-state index in [1.165, 1.54) is 0 Å². The van der Waals surface area contributed by atoms with Gasteiger partial charge in [0.15, 0.2) is 0 Å². The first-order chi connectivity index (χ1) is 6.77. The van der Waals surface area contributed by atoms with Crippen molar-refractivity contribution in [3.8, 4) is 0 Å². The van der Waals surface area contributed by atoms with Crippen LogP contribution in [0.3, 0.4) is 0 Å². The highest BCUT2D eigenvalue weighted by Crippen LogP contribution is 2.29. The molecule has 0 aliphatic heterocycles. The molecule has 1 aromatic carbocycles. The predicted molar refractivity (Wildman–Crippen MR) is 45.9 cm³/mol. The van der Waals surface area contributed by atoms with Crippen molar-refractivity contribution < 1.29 is 26.3 Å². The third-order valence-electron chi connectivity index (χ3n) is 1.73. The summed E-state index contributed by atoms with van der Waals surface area (Å²) >= 11 is 0. The highest BCUT2D eigenvalue weighted by atomic mass is 32.2. The fourth-order valence-electron chi connectivity index (χ4n) is 0.930. The number of halogens is 3. The molecule has 0 aliphatic rings. The quantitative estimate of drug-likeness (QED) is 0.774. The number of hydrogen-bond donors (Lipinski definition) is 1. The Kier molecular flexibility index (Phi) is 3.05. The highest BCUT2D eigenvalue weighted by Gasteiger charge is 2.30. The Labute approximate surface area is 85.0 Å². The summed E-state index contributed by atoms with van der Waals surface area (Å²) in [4.78, 5) is -0.203. The molecule has 0 bridgehead atoms. The molecule has 15 heavy (non-hydrogen) atoms. The van der Waals surface area contributed by atoms with Crippen molar-refractivity contribution in [1.29, 1.82) is 0 Å². The Morgan fingerprint density at radius 1 is 1.13 bits per heavy atom. The Balaban J connectivity index is 3.12. The van der Waals surface area contributed by atoms with Gasteiger partial charge in [0.25, 0.3) is 10.0 Å². The number of benzene rings is 1. The summed E-state index contributed by atoms with van der Waals surface area (Å²) in [5.41, 5.74) is -0.884. The van der Waals surface area contributed by atoms with Gasteiger partial charge in [-0.05, 0) is 24.3 Å². The molecule has 3 nitrogen and oxygen atoms in total. The normalized spacial score (nSPS) is 12.8. The molecule has 0 saturated heterocycles. The standard InChI is InChI=1S/C8H8F3NO2S/c1-12-15(13,14)7-4-2-6(3-5-7)8(9,10)11/h2-5H,1,12H2. The van der Waals surface area contributed by atoms with Crippen molar-refractivity contribution in [3.63, 3.8) is 0 Å². The molecule has 2 N–H and O–H groups in total. The molecule has 0 spiro atoms. The van der Waals surface area contributed by atoms with E-state index < -0.39 is 21.8 Å². The van der Waals surface area contributed by atoms with E-state index >= 15 is 0 Å². The number of quaternary nitrogens is 1. The molecule has 7 heteroatoms. The number of sulfonamides is 1. The van der Waals surface area contributed by atoms with E-state index in [-0.39, 0.29) is 4.90 Å². The lowest BCUT2D eigenvalue weighted by Gasteiger charge is -2.07. The number of nitrogens with two attached hydrogens (primary N) is 1. The summed E-state index contributed by atoms with van der Waals surface area (Å²) in [7, 11) is -0.594. The maximum Gasteiger partial charge on any atom is 0.416 e. The van der Waals surface area contributed by atoms with Crippen molar-refractivity contribution >= 4 is 10.0 Å². The van der Waals surface area contributed by atoms with Crippen LogP contribution in [0.25, 0.3) is 0 Å². The highest BCUT2D eigenvalue weighted by molar-refractivity contribution is 7.84. The van der Waals surface area contributed by atoms with Gasteiger partial charge < -0.3 is 4.72 Å². The third-order valence-corrected chi connectivity index (χ3v) is 3.10. The van der Waals surface area contributed by atoms with E-state index in [0.29, 0.717) is 4.72 Å². The second-order valence-corrected chi connectivity index (χ2v) is 4.63. The van der Waals surface area contributed by atoms with Crippen molar-refractivity contribution in [2.24, 2.45) is 0 Å². The summed E-state index contributed by atoms with van der Waals surface area (Å²) in [6.07, 6.45) is -4.46. The van der Waals surface area contributed by atoms with Crippen molar-refractivity contribution in [2.75, 3.05) is 0 Å². The zero-order valence-corrected chi connectivity index (χ0v) is 8.27. The van der Waals surface area contributed by atoms with Crippen LogP contribution in [0.15, 0.2) is 29.2 Å². The lowest BCUT2D eigenvalue weighted by molar-refractivity contribution is -0.424. The molecule has 0 aliphatic carbocycles. The first-order valence-corrected chi connectivity index (χ1v) is 5.37. The molecule has 0 fully saturated rings. The topological polar surface area (TPSA) is 50.8 Å². The van der Waals surface area contributed by atoms with Crippen LogP contribution in [-0.4, -0.2) is 8.42 Å². The lowest BCUT2D eigenvalue weighted by Crippen LogP contribution is -2.80. The molecular weight excluding hydrogens is 231 g/mol. The van der Waals surface area contributed by atoms with E-state index in [9.17, 15) is 21.6 Å². The number of hydrogen-bond acceptors (Lipinski definition) is 2. The molecule has 0 radical (unpaired) electrons. The largest absolute Gasteiger partial charge is 0.416 e. The average Bonchev–Trinajstić information content (AvgIpc) is 2.17. The van der Waals surface area contributed by atoms with E-state index in [2.05, 4.69) is 7.05 Å². The van der Waals surface area contributed by atoms with Gasteiger partial charge in [-0.1, -0.05) is 0 Å². The van der Waals surface area contributed by atoms with Crippen LogP contribution in [-0.2, 0) is 16.2 Å². The first-order valence-electron chi connectivity index (χ1n) is 3.82. The zero-order valence-electron chi connectivity index (χ0n) is 7.45. The maximum atomic E-state index is 12.1. The Morgan fingerprint density at radius 3 is 1.93 bits per heavy atom. The minimum absolute atomic E-state index is 0.203. The second-order valence-electron chi connectivity index (χ2n) is 2.73. The Hall–Kier alpha value is -1.08. The monoisotopic (exact) mass is 239 g/mol. The van der Waals surface area contributed by atoms with E-state index in [1.807, 2.05) is 0 Å². The van der Waals surface area contributed by atoms with Crippen molar-refractivity contribution in [3.05, 3.63) is 36.9 Å². The zero-order chi connectivity index (χ0) is 11.7. The van der Waals surface area contributed by atoms with Gasteiger partial charge in [0, 0.05) is 0 Å². The molecule has 0 heterocycles. The molecule has 0 atom stereocenters. The van der Waals surface area contributed by atoms with Gasteiger partial charge in [0.05, 0.1) is 5.56 Å². The molecule has 0 aromatic heterocycles. The molecule has 0 unspecified atom stereocenters. The van der Waals surface area contributed by atoms with Crippen molar-refractivity contribution in [2.45, 2.75) is 11.1 Å². The van der Waals surface area contributed by atoms with Gasteiger partial charge in [-0.15, -0.1) is 7.05 Å². The fourth-order valence-corrected chi connectivity index (χ4v) is 1.64. The van der Waals surface area contributed by atoms with E-state index in [4.69, 9.17) is 0 Å². The SMILES string of the molecule is [CH2-][NH2+]S(=O)(=O)c1ccc(C(F)(F)F)cc1. The molecule has 84 valence electrons. The van der Waals surface area contributed by atoms with Crippen LogP contribution in [0.5, 0.6) is 0 Å². The fraction of sp³-hybridized carbons (Fsp3) is 0.125. The van der Waals surface area contributed by atoms with E-state index in [0.717, 1.165) is 24.3 Å². The predicted octanol–water partition coefficient (Wildman–Crippen LogP) is 0.749. The summed E-state index contributed by atoms with van der Waals surface area (Å²) in [6.45, 7) is 0. The summed E-state index contributed by atoms with van der Waals surface area (Å²) in [5.74, 6) is 0. The van der Waals surface area contributed by atoms with Crippen LogP contribution < -0.4 is 4.72 Å². The number of primary sulfonamides is 1. The van der Waals surface area contributed by atoms with Gasteiger partial charge in [-0.2, -0.15) is 21.6 Å². The van der Waals surface area contributed by atoms with Crippen LogP contribution in [0, 0.1) is 7.05 Å². The van der Waals surface area contributed by atoms with Gasteiger partial charge in [0.1, 0.15) is 4.90 Å². The summed E-state index contributed by atoms with van der Waals surface area (Å²) < 4.78 is 59.4. The van der Waals surface area contributed by atoms with Gasteiger partial charge in [0.2, 0.25) is 0 Å². The van der Waals surface area contributed by atoms with Crippen LogP contribution in [0.2, 0.25) is 0 Å². The van der Waals surface area contributed by atoms with Gasteiger partial charge in [-0.25, -0.2) is 0 Å². The van der Waals surface area contributed by atoms with E-state index in [1.54, 1.807) is 0 Å². The van der Waals surface area contributed by atoms with Crippen molar-refractivity contribution in [1.82, 2.24) is 0 Å². The summed E-state index contributed by atoms with van der Waals surface area (Å²) in [6, 6.07) is 3.24. The second kappa shape index (κ2) is 3.82. The third kappa shape index (κ3) is 2.69. The molecule has 1 aromatic rings. The van der Waals surface area contributed by atoms with Crippen LogP contribution >= 0.6 is 0 Å². The molecule has 0 saturated carbocycles.